The number of ether oxygens (including phenoxy) is 4. The minimum atomic E-state index is -0.760. The zero-order chi connectivity index (χ0) is 26.3. The van der Waals surface area contributed by atoms with Crippen LogP contribution in [0.1, 0.15) is 103 Å². The van der Waals surface area contributed by atoms with Crippen molar-refractivity contribution in [1.82, 2.24) is 0 Å². The Hall–Kier alpha value is -1.25. The third-order valence-corrected chi connectivity index (χ3v) is 7.80. The standard InChI is InChI=1S/C30H50O7/c1-2-3-6-13-23(36-29-16-9-11-20-34-29)18-19-25-24(14-7-4-5-8-15-28(32)33)26(31)22-27(25)37-30-17-10-12-21-35-30/h4,7,18-19,23-27,29-31H,2-3,5-6,8-17,20-22H2,1H3,(H,32,33)/b7-4-,19-18+/t23-,24+,25+,26-,27+,29?,30?/m0/s1. The highest BCUT2D eigenvalue weighted by molar-refractivity contribution is 5.66. The molecule has 2 aliphatic heterocycles. The van der Waals surface area contributed by atoms with Crippen LogP contribution in [0.25, 0.3) is 0 Å². The topological polar surface area (TPSA) is 94.5 Å². The third-order valence-electron chi connectivity index (χ3n) is 7.80. The Kier molecular flexibility index (Phi) is 14.2. The molecule has 0 radical (unpaired) electrons. The van der Waals surface area contributed by atoms with Crippen LogP contribution in [-0.2, 0) is 23.7 Å². The van der Waals surface area contributed by atoms with Crippen molar-refractivity contribution in [2.75, 3.05) is 13.2 Å². The Balaban J connectivity index is 1.66. The summed E-state index contributed by atoms with van der Waals surface area (Å²) in [4.78, 5) is 10.8. The molecule has 1 aliphatic carbocycles. The predicted molar refractivity (Wildman–Crippen MR) is 143 cm³/mol. The normalized spacial score (nSPS) is 31.8. The lowest BCUT2D eigenvalue weighted by Gasteiger charge is -2.30. The van der Waals surface area contributed by atoms with Crippen molar-refractivity contribution in [1.29, 1.82) is 0 Å². The van der Waals surface area contributed by atoms with E-state index < -0.39 is 12.1 Å². The van der Waals surface area contributed by atoms with Crippen LogP contribution in [0.15, 0.2) is 24.3 Å². The minimum Gasteiger partial charge on any atom is -0.481 e. The second kappa shape index (κ2) is 17.4. The highest BCUT2D eigenvalue weighted by Crippen LogP contribution is 2.39. The summed E-state index contributed by atoms with van der Waals surface area (Å²) in [5, 5.41) is 19.9. The van der Waals surface area contributed by atoms with Crippen molar-refractivity contribution in [3.63, 3.8) is 0 Å². The van der Waals surface area contributed by atoms with Crippen LogP contribution < -0.4 is 0 Å². The van der Waals surface area contributed by atoms with Crippen LogP contribution >= 0.6 is 0 Å². The molecule has 212 valence electrons. The lowest BCUT2D eigenvalue weighted by molar-refractivity contribution is -0.193. The Labute approximate surface area is 223 Å². The largest absolute Gasteiger partial charge is 0.481 e. The monoisotopic (exact) mass is 522 g/mol. The maximum Gasteiger partial charge on any atom is 0.303 e. The number of hydrogen-bond donors (Lipinski definition) is 2. The number of carbonyl (C=O) groups is 1. The second-order valence-electron chi connectivity index (χ2n) is 10.9. The van der Waals surface area contributed by atoms with Gasteiger partial charge in [0, 0.05) is 32.0 Å². The Morgan fingerprint density at radius 2 is 1.78 bits per heavy atom. The molecule has 7 nitrogen and oxygen atoms in total. The van der Waals surface area contributed by atoms with Crippen LogP contribution in [0.3, 0.4) is 0 Å². The Morgan fingerprint density at radius 1 is 1.03 bits per heavy atom. The maximum atomic E-state index is 11.0. The quantitative estimate of drug-likeness (QED) is 0.186. The Bertz CT molecular complexity index is 681. The van der Waals surface area contributed by atoms with Crippen molar-refractivity contribution < 1.29 is 34.0 Å². The van der Waals surface area contributed by atoms with E-state index in [0.29, 0.717) is 12.8 Å². The summed E-state index contributed by atoms with van der Waals surface area (Å²) in [6.45, 7) is 3.71. The highest BCUT2D eigenvalue weighted by atomic mass is 16.7. The summed E-state index contributed by atoms with van der Waals surface area (Å²) >= 11 is 0. The van der Waals surface area contributed by atoms with Gasteiger partial charge in [0.1, 0.15) is 0 Å². The lowest BCUT2D eigenvalue weighted by atomic mass is 9.89. The van der Waals surface area contributed by atoms with Gasteiger partial charge in [-0.2, -0.15) is 0 Å². The van der Waals surface area contributed by atoms with Gasteiger partial charge in [-0.05, 0) is 70.1 Å². The fourth-order valence-corrected chi connectivity index (χ4v) is 5.66. The number of aliphatic hydroxyl groups is 1. The van der Waals surface area contributed by atoms with Crippen LogP contribution in [0.4, 0.5) is 0 Å². The first-order valence-electron chi connectivity index (χ1n) is 14.8. The van der Waals surface area contributed by atoms with Crippen molar-refractivity contribution in [2.45, 2.75) is 134 Å². The molecule has 2 heterocycles. The zero-order valence-electron chi connectivity index (χ0n) is 22.8. The molecule has 37 heavy (non-hydrogen) atoms. The van der Waals surface area contributed by atoms with E-state index in [1.54, 1.807) is 0 Å². The number of carboxylic acids is 1. The fraction of sp³-hybridized carbons (Fsp3) is 0.833. The molecule has 3 aliphatic rings. The number of aliphatic hydroxyl groups excluding tert-OH is 1. The average molecular weight is 523 g/mol. The molecule has 3 rings (SSSR count). The SMILES string of the molecule is CCCCC[C@@H](/C=C/[C@@H]1[C@@H](C/C=C\CCCC(=O)O)[C@@H](O)C[C@H]1OC1CCCCO1)OC1CCCCO1. The van der Waals surface area contributed by atoms with Gasteiger partial charge in [0.25, 0.3) is 0 Å². The highest BCUT2D eigenvalue weighted by Gasteiger charge is 2.42. The number of aliphatic carboxylic acids is 1. The predicted octanol–water partition coefficient (Wildman–Crippen LogP) is 6.14. The van der Waals surface area contributed by atoms with Crippen LogP contribution in [0.5, 0.6) is 0 Å². The van der Waals surface area contributed by atoms with E-state index in [0.717, 1.165) is 77.4 Å². The van der Waals surface area contributed by atoms with Gasteiger partial charge in [-0.15, -0.1) is 0 Å². The number of allylic oxidation sites excluding steroid dienone is 2. The first-order valence-corrected chi connectivity index (χ1v) is 14.8. The van der Waals surface area contributed by atoms with E-state index in [4.69, 9.17) is 24.1 Å². The van der Waals surface area contributed by atoms with E-state index in [1.807, 2.05) is 6.08 Å². The minimum absolute atomic E-state index is 0.00816. The average Bonchev–Trinajstić information content (AvgIpc) is 3.19. The van der Waals surface area contributed by atoms with Crippen molar-refractivity contribution in [2.24, 2.45) is 11.8 Å². The van der Waals surface area contributed by atoms with Gasteiger partial charge >= 0.3 is 5.97 Å². The van der Waals surface area contributed by atoms with Crippen molar-refractivity contribution >= 4 is 5.97 Å². The summed E-state index contributed by atoms with van der Waals surface area (Å²) < 4.78 is 24.5. The fourth-order valence-electron chi connectivity index (χ4n) is 5.66. The van der Waals surface area contributed by atoms with E-state index in [9.17, 15) is 9.90 Å². The van der Waals surface area contributed by atoms with E-state index in [2.05, 4.69) is 25.2 Å². The zero-order valence-corrected chi connectivity index (χ0v) is 22.8. The molecular weight excluding hydrogens is 472 g/mol. The van der Waals surface area contributed by atoms with Crippen molar-refractivity contribution in [3.05, 3.63) is 24.3 Å². The van der Waals surface area contributed by atoms with E-state index in [-0.39, 0.29) is 43.0 Å². The molecule has 0 spiro atoms. The number of rotatable bonds is 16. The molecule has 2 saturated heterocycles. The third kappa shape index (κ3) is 11.2. The summed E-state index contributed by atoms with van der Waals surface area (Å²) in [7, 11) is 0. The molecule has 2 unspecified atom stereocenters. The summed E-state index contributed by atoms with van der Waals surface area (Å²) in [5.74, 6) is -0.652. The van der Waals surface area contributed by atoms with Crippen molar-refractivity contribution in [3.8, 4) is 0 Å². The van der Waals surface area contributed by atoms with Crippen LogP contribution in [0.2, 0.25) is 0 Å². The summed E-state index contributed by atoms with van der Waals surface area (Å²) in [5.41, 5.74) is 0. The van der Waals surface area contributed by atoms with Gasteiger partial charge in [0.15, 0.2) is 12.6 Å². The van der Waals surface area contributed by atoms with Gasteiger partial charge in [0.05, 0.1) is 18.3 Å². The van der Waals surface area contributed by atoms with Gasteiger partial charge in [-0.3, -0.25) is 4.79 Å². The molecule has 3 fully saturated rings. The summed E-state index contributed by atoms with van der Waals surface area (Å²) in [6, 6.07) is 0. The molecule has 0 aromatic carbocycles. The summed E-state index contributed by atoms with van der Waals surface area (Å²) in [6.07, 6.45) is 21.3. The van der Waals surface area contributed by atoms with Gasteiger partial charge < -0.3 is 29.2 Å². The molecule has 7 heteroatoms. The van der Waals surface area contributed by atoms with E-state index in [1.165, 1.54) is 12.8 Å². The first kappa shape index (κ1) is 30.3. The molecule has 0 aromatic heterocycles. The lowest BCUT2D eigenvalue weighted by Crippen LogP contribution is -2.31. The van der Waals surface area contributed by atoms with Gasteiger partial charge in [-0.1, -0.05) is 50.5 Å². The molecule has 0 bridgehead atoms. The van der Waals surface area contributed by atoms with E-state index >= 15 is 0 Å². The smallest absolute Gasteiger partial charge is 0.303 e. The molecule has 0 aromatic rings. The molecule has 7 atom stereocenters. The first-order chi connectivity index (χ1) is 18.1. The van der Waals surface area contributed by atoms with Crippen LogP contribution in [0, 0.1) is 11.8 Å². The van der Waals surface area contributed by atoms with Gasteiger partial charge in [-0.25, -0.2) is 0 Å². The molecule has 2 N–H and O–H groups in total. The number of hydrogen-bond acceptors (Lipinski definition) is 6. The van der Waals surface area contributed by atoms with Gasteiger partial charge in [0.2, 0.25) is 0 Å². The number of unbranched alkanes of at least 4 members (excludes halogenated alkanes) is 3. The molecular formula is C30H50O7. The number of carboxylic acid groups (broad SMARTS) is 1. The Morgan fingerprint density at radius 3 is 2.46 bits per heavy atom. The molecule has 1 saturated carbocycles. The maximum absolute atomic E-state index is 11.0. The molecule has 0 amide bonds. The van der Waals surface area contributed by atoms with Crippen LogP contribution in [-0.4, -0.2) is 60.3 Å². The second-order valence-corrected chi connectivity index (χ2v) is 10.9.